The van der Waals surface area contributed by atoms with Crippen molar-refractivity contribution in [1.82, 2.24) is 19.3 Å². The Kier molecular flexibility index (Phi) is 8.05. The second kappa shape index (κ2) is 12.2. The zero-order chi connectivity index (χ0) is 31.7. The van der Waals surface area contributed by atoms with E-state index in [9.17, 15) is 19.5 Å². The first kappa shape index (κ1) is 29.6. The summed E-state index contributed by atoms with van der Waals surface area (Å²) in [7, 11) is 3.06. The molecule has 228 valence electrons. The van der Waals surface area contributed by atoms with Crippen LogP contribution in [0.5, 0.6) is 17.6 Å². The second-order valence-corrected chi connectivity index (χ2v) is 11.3. The van der Waals surface area contributed by atoms with E-state index in [2.05, 4.69) is 14.7 Å². The fourth-order valence-corrected chi connectivity index (χ4v) is 6.26. The highest BCUT2D eigenvalue weighted by Crippen LogP contribution is 2.34. The van der Waals surface area contributed by atoms with Crippen molar-refractivity contribution in [3.8, 4) is 40.1 Å². The fraction of sp³-hybridized carbons (Fsp3) is 0.182. The van der Waals surface area contributed by atoms with Crippen molar-refractivity contribution in [2.75, 3.05) is 14.2 Å². The highest BCUT2D eigenvalue weighted by molar-refractivity contribution is 7.18. The van der Waals surface area contributed by atoms with Gasteiger partial charge in [-0.3, -0.25) is 18.7 Å². The summed E-state index contributed by atoms with van der Waals surface area (Å²) >= 11 is 1.38. The van der Waals surface area contributed by atoms with Crippen LogP contribution < -0.4 is 25.8 Å². The molecule has 0 spiro atoms. The number of thiophene rings is 1. The summed E-state index contributed by atoms with van der Waals surface area (Å²) in [4.78, 5) is 46.0. The van der Waals surface area contributed by atoms with Gasteiger partial charge in [0.2, 0.25) is 0 Å². The van der Waals surface area contributed by atoms with Gasteiger partial charge in [0.1, 0.15) is 16.3 Å². The predicted molar refractivity (Wildman–Crippen MR) is 167 cm³/mol. The number of methoxy groups -OCH3 is 2. The molecule has 0 bridgehead atoms. The van der Waals surface area contributed by atoms with Crippen LogP contribution in [0.4, 0.5) is 0 Å². The number of nitrogens with zero attached hydrogens (tertiary/aromatic N) is 4. The van der Waals surface area contributed by atoms with Gasteiger partial charge in [0.15, 0.2) is 17.7 Å². The quantitative estimate of drug-likeness (QED) is 0.201. The highest BCUT2D eigenvalue weighted by atomic mass is 32.1. The monoisotopic (exact) mass is 623 g/mol. The van der Waals surface area contributed by atoms with E-state index in [1.807, 2.05) is 43.3 Å². The molecule has 0 aliphatic carbocycles. The Bertz CT molecular complexity index is 2160. The largest absolute Gasteiger partial charge is 0.528 e. The summed E-state index contributed by atoms with van der Waals surface area (Å²) in [5.41, 5.74) is 2.06. The number of carbonyl (C=O) groups excluding carboxylic acids is 1. The van der Waals surface area contributed by atoms with Gasteiger partial charge in [-0.25, -0.2) is 9.78 Å². The van der Waals surface area contributed by atoms with Gasteiger partial charge in [0.05, 0.1) is 32.7 Å². The number of benzene rings is 3. The van der Waals surface area contributed by atoms with Crippen molar-refractivity contribution in [2.45, 2.75) is 26.4 Å². The zero-order valence-electron chi connectivity index (χ0n) is 24.6. The van der Waals surface area contributed by atoms with Crippen molar-refractivity contribution in [3.05, 3.63) is 110 Å². The number of aryl methyl sites for hydroxylation is 1. The van der Waals surface area contributed by atoms with Gasteiger partial charge in [-0.15, -0.1) is 11.3 Å². The Morgan fingerprint density at radius 3 is 2.38 bits per heavy atom. The Balaban J connectivity index is 1.41. The summed E-state index contributed by atoms with van der Waals surface area (Å²) in [6, 6.07) is 21.1. The number of hydrogen-bond acceptors (Lipinski definition) is 10. The van der Waals surface area contributed by atoms with Crippen LogP contribution in [0.15, 0.2) is 86.9 Å². The number of carbonyl (C=O) groups is 1. The minimum absolute atomic E-state index is 0.0888. The van der Waals surface area contributed by atoms with E-state index in [1.165, 1.54) is 30.1 Å². The van der Waals surface area contributed by atoms with Gasteiger partial charge in [-0.1, -0.05) is 43.3 Å². The average molecular weight is 624 g/mol. The van der Waals surface area contributed by atoms with Crippen molar-refractivity contribution in [3.63, 3.8) is 0 Å². The van der Waals surface area contributed by atoms with Crippen molar-refractivity contribution in [2.24, 2.45) is 0 Å². The highest BCUT2D eigenvalue weighted by Gasteiger charge is 2.20. The Morgan fingerprint density at radius 2 is 1.71 bits per heavy atom. The molecule has 12 heteroatoms. The van der Waals surface area contributed by atoms with Crippen LogP contribution in [-0.2, 0) is 19.5 Å². The third kappa shape index (κ3) is 5.63. The molecule has 6 aromatic rings. The molecular formula is C33H27N4O7S-. The molecule has 0 fully saturated rings. The van der Waals surface area contributed by atoms with E-state index in [0.717, 1.165) is 20.6 Å². The van der Waals surface area contributed by atoms with Gasteiger partial charge in [0, 0.05) is 21.6 Å². The predicted octanol–water partition coefficient (Wildman–Crippen LogP) is 4.53. The molecule has 0 radical (unpaired) electrons. The SMILES string of the molecule is CCc1cc2c(=O)n(CC(=O)c3ccc(OC)cc3)c(=O)n(Cc3ccc(-c4ccccc4-c4noc([O-])n4)cc3OC)c2s1. The van der Waals surface area contributed by atoms with E-state index in [0.29, 0.717) is 44.8 Å². The fourth-order valence-electron chi connectivity index (χ4n) is 5.18. The molecule has 0 saturated carbocycles. The van der Waals surface area contributed by atoms with Crippen LogP contribution in [0.2, 0.25) is 0 Å². The van der Waals surface area contributed by atoms with Crippen LogP contribution in [-0.4, -0.2) is 39.3 Å². The van der Waals surface area contributed by atoms with E-state index in [1.54, 1.807) is 36.4 Å². The molecule has 11 nitrogen and oxygen atoms in total. The first-order valence-electron chi connectivity index (χ1n) is 14.0. The Hall–Kier alpha value is -5.49. The number of rotatable bonds is 10. The van der Waals surface area contributed by atoms with Crippen LogP contribution in [0.25, 0.3) is 32.7 Å². The molecule has 0 atom stereocenters. The van der Waals surface area contributed by atoms with E-state index in [-0.39, 0.29) is 18.2 Å². The van der Waals surface area contributed by atoms with Gasteiger partial charge in [-0.2, -0.15) is 5.16 Å². The maximum absolute atomic E-state index is 13.9. The first-order chi connectivity index (χ1) is 21.8. The van der Waals surface area contributed by atoms with Crippen LogP contribution >= 0.6 is 11.3 Å². The van der Waals surface area contributed by atoms with Gasteiger partial charge in [0.25, 0.3) is 5.56 Å². The molecule has 0 aliphatic rings. The lowest BCUT2D eigenvalue weighted by molar-refractivity contribution is -0.303. The molecule has 3 aromatic heterocycles. The molecule has 45 heavy (non-hydrogen) atoms. The lowest BCUT2D eigenvalue weighted by Crippen LogP contribution is -2.41. The smallest absolute Gasteiger partial charge is 0.332 e. The number of Topliss-reactive ketones (excluding diaryl/α,β-unsaturated/α-hetero) is 1. The summed E-state index contributed by atoms with van der Waals surface area (Å²) in [5, 5.41) is 15.7. The molecule has 3 heterocycles. The van der Waals surface area contributed by atoms with Crippen molar-refractivity contribution >= 4 is 27.3 Å². The van der Waals surface area contributed by atoms with Crippen LogP contribution in [0.1, 0.15) is 27.7 Å². The third-order valence-electron chi connectivity index (χ3n) is 7.51. The molecule has 3 aromatic carbocycles. The molecule has 0 aliphatic heterocycles. The minimum atomic E-state index is -0.781. The van der Waals surface area contributed by atoms with Crippen molar-refractivity contribution < 1.29 is 23.9 Å². The summed E-state index contributed by atoms with van der Waals surface area (Å²) < 4.78 is 18.1. The number of fused-ring (bicyclic) bond motifs is 1. The molecule has 0 amide bonds. The van der Waals surface area contributed by atoms with Gasteiger partial charge >= 0.3 is 5.69 Å². The zero-order valence-corrected chi connectivity index (χ0v) is 25.4. The Labute approximate surface area is 260 Å². The van der Waals surface area contributed by atoms with Gasteiger partial charge < -0.3 is 19.1 Å². The number of ether oxygens (including phenoxy) is 2. The molecule has 0 saturated heterocycles. The van der Waals surface area contributed by atoms with Gasteiger partial charge in [-0.05, 0) is 53.9 Å². The maximum Gasteiger partial charge on any atom is 0.332 e. The summed E-state index contributed by atoms with van der Waals surface area (Å²) in [6.45, 7) is 1.65. The second-order valence-electron chi connectivity index (χ2n) is 10.2. The van der Waals surface area contributed by atoms with E-state index in [4.69, 9.17) is 9.47 Å². The summed E-state index contributed by atoms with van der Waals surface area (Å²) in [5.74, 6) is 0.885. The van der Waals surface area contributed by atoms with E-state index >= 15 is 0 Å². The first-order valence-corrected chi connectivity index (χ1v) is 14.8. The van der Waals surface area contributed by atoms with Crippen molar-refractivity contribution in [1.29, 1.82) is 0 Å². The average Bonchev–Trinajstić information content (AvgIpc) is 3.71. The minimum Gasteiger partial charge on any atom is -0.528 e. The van der Waals surface area contributed by atoms with Crippen LogP contribution in [0.3, 0.4) is 0 Å². The maximum atomic E-state index is 13.9. The topological polar surface area (TPSA) is 142 Å². The van der Waals surface area contributed by atoms with Crippen LogP contribution in [0, 0.1) is 0 Å². The third-order valence-corrected chi connectivity index (χ3v) is 8.81. The molecule has 0 unspecified atom stereocenters. The standard InChI is InChI=1S/C33H28N4O7S/c1-4-23-16-26-30(39)36(18-27(38)19-11-13-22(42-2)14-12-19)33(41)37(31(26)45-23)17-21-10-9-20(15-28(21)43-3)24-7-5-6-8-25(24)29-34-32(40)44-35-29/h5-16H,4,17-18H2,1-3H3,(H,34,35,40)/p-1. The lowest BCUT2D eigenvalue weighted by Gasteiger charge is -2.15. The summed E-state index contributed by atoms with van der Waals surface area (Å²) in [6.07, 6.45) is -0.0972. The van der Waals surface area contributed by atoms with E-state index < -0.39 is 23.9 Å². The molecular weight excluding hydrogens is 596 g/mol. The Morgan fingerprint density at radius 1 is 0.956 bits per heavy atom. The molecule has 0 N–H and O–H groups in total. The lowest BCUT2D eigenvalue weighted by atomic mass is 9.97. The molecule has 6 rings (SSSR count). The normalized spacial score (nSPS) is 11.2. The number of ketones is 1. The number of aromatic nitrogens is 4. The number of hydrogen-bond donors (Lipinski definition) is 0.